The fourth-order valence-electron chi connectivity index (χ4n) is 2.53. The van der Waals surface area contributed by atoms with Gasteiger partial charge in [-0.2, -0.15) is 0 Å². The molecule has 0 aliphatic carbocycles. The maximum Gasteiger partial charge on any atom is 0.252 e. The van der Waals surface area contributed by atoms with Crippen molar-refractivity contribution in [1.29, 1.82) is 0 Å². The quantitative estimate of drug-likeness (QED) is 0.749. The van der Waals surface area contributed by atoms with E-state index in [-0.39, 0.29) is 23.7 Å². The lowest BCUT2D eigenvalue weighted by Crippen LogP contribution is -2.31. The van der Waals surface area contributed by atoms with Gasteiger partial charge in [-0.1, -0.05) is 26.0 Å². The van der Waals surface area contributed by atoms with Crippen molar-refractivity contribution >= 4 is 21.8 Å². The Balaban J connectivity index is 2.31. The second-order valence-electron chi connectivity index (χ2n) is 5.94. The van der Waals surface area contributed by atoms with Gasteiger partial charge in [0.2, 0.25) is 0 Å². The molecule has 0 bridgehead atoms. The third kappa shape index (κ3) is 4.51. The number of hydrogen-bond acceptors (Lipinski definition) is 3. The molecule has 0 aromatic heterocycles. The number of methoxy groups -OCH3 is 2. The van der Waals surface area contributed by atoms with E-state index in [0.29, 0.717) is 21.5 Å². The number of carbonyl (C=O) groups is 1. The van der Waals surface area contributed by atoms with Crippen LogP contribution >= 0.6 is 15.9 Å². The minimum atomic E-state index is -0.306. The van der Waals surface area contributed by atoms with Crippen LogP contribution in [0.5, 0.6) is 11.5 Å². The molecule has 1 unspecified atom stereocenters. The summed E-state index contributed by atoms with van der Waals surface area (Å²) in [5, 5.41) is 3.00. The van der Waals surface area contributed by atoms with Gasteiger partial charge in [-0.25, -0.2) is 4.39 Å². The highest BCUT2D eigenvalue weighted by Crippen LogP contribution is 2.36. The molecule has 6 heteroatoms. The van der Waals surface area contributed by atoms with Crippen LogP contribution in [0.1, 0.15) is 35.8 Å². The van der Waals surface area contributed by atoms with Crippen molar-refractivity contribution in [2.75, 3.05) is 14.2 Å². The van der Waals surface area contributed by atoms with Crippen molar-refractivity contribution in [3.05, 3.63) is 57.8 Å². The monoisotopic (exact) mass is 409 g/mol. The van der Waals surface area contributed by atoms with Gasteiger partial charge in [-0.3, -0.25) is 4.79 Å². The Kier molecular flexibility index (Phi) is 6.42. The molecule has 4 nitrogen and oxygen atoms in total. The highest BCUT2D eigenvalue weighted by molar-refractivity contribution is 9.10. The summed E-state index contributed by atoms with van der Waals surface area (Å²) in [5.41, 5.74) is 1.27. The summed E-state index contributed by atoms with van der Waals surface area (Å²) in [7, 11) is 3.05. The molecule has 0 fully saturated rings. The Bertz CT molecular complexity index is 722. The van der Waals surface area contributed by atoms with Crippen LogP contribution in [-0.2, 0) is 0 Å². The summed E-state index contributed by atoms with van der Waals surface area (Å²) in [6.45, 7) is 3.99. The first-order valence-electron chi connectivity index (χ1n) is 7.85. The lowest BCUT2D eigenvalue weighted by molar-refractivity contribution is 0.0925. The van der Waals surface area contributed by atoms with Crippen LogP contribution in [-0.4, -0.2) is 20.1 Å². The van der Waals surface area contributed by atoms with Gasteiger partial charge in [-0.15, -0.1) is 0 Å². The van der Waals surface area contributed by atoms with E-state index in [2.05, 4.69) is 21.2 Å². The molecule has 0 saturated heterocycles. The van der Waals surface area contributed by atoms with Crippen molar-refractivity contribution < 1.29 is 18.7 Å². The predicted molar refractivity (Wildman–Crippen MR) is 98.7 cm³/mol. The molecular formula is C19H21BrFNO3. The molecule has 25 heavy (non-hydrogen) atoms. The molecule has 0 radical (unpaired) electrons. The second kappa shape index (κ2) is 8.34. The lowest BCUT2D eigenvalue weighted by atomic mass is 9.95. The number of ether oxygens (including phenoxy) is 2. The fraction of sp³-hybridized carbons (Fsp3) is 0.316. The van der Waals surface area contributed by atoms with E-state index in [1.807, 2.05) is 13.8 Å². The summed E-state index contributed by atoms with van der Waals surface area (Å²) in [6, 6.07) is 9.19. The molecule has 134 valence electrons. The van der Waals surface area contributed by atoms with Gasteiger partial charge in [0, 0.05) is 5.56 Å². The summed E-state index contributed by atoms with van der Waals surface area (Å²) >= 11 is 3.39. The molecule has 0 saturated carbocycles. The molecule has 0 aliphatic heterocycles. The van der Waals surface area contributed by atoms with Gasteiger partial charge in [0.15, 0.2) is 0 Å². The van der Waals surface area contributed by atoms with Crippen molar-refractivity contribution in [3.8, 4) is 11.5 Å². The van der Waals surface area contributed by atoms with Crippen LogP contribution in [0.25, 0.3) is 0 Å². The molecule has 2 rings (SSSR count). The Morgan fingerprint density at radius 2 is 1.60 bits per heavy atom. The molecule has 0 aliphatic rings. The topological polar surface area (TPSA) is 47.6 Å². The number of halogens is 2. The van der Waals surface area contributed by atoms with Crippen LogP contribution in [0.3, 0.4) is 0 Å². The molecule has 2 aromatic carbocycles. The van der Waals surface area contributed by atoms with Crippen molar-refractivity contribution in [2.45, 2.75) is 19.9 Å². The minimum absolute atomic E-state index is 0.133. The molecule has 1 N–H and O–H groups in total. The van der Waals surface area contributed by atoms with E-state index >= 15 is 0 Å². The zero-order chi connectivity index (χ0) is 18.6. The SMILES string of the molecule is COc1cc(C(=O)NC(c2ccc(F)cc2)C(C)C)cc(OC)c1Br. The second-order valence-corrected chi connectivity index (χ2v) is 6.73. The third-order valence-electron chi connectivity index (χ3n) is 3.89. The van der Waals surface area contributed by atoms with Gasteiger partial charge in [0.05, 0.1) is 20.3 Å². The summed E-state index contributed by atoms with van der Waals surface area (Å²) in [5.74, 6) is 0.584. The van der Waals surface area contributed by atoms with Crippen LogP contribution in [0, 0.1) is 11.7 Å². The summed E-state index contributed by atoms with van der Waals surface area (Å²) in [6.07, 6.45) is 0. The normalized spacial score (nSPS) is 12.0. The van der Waals surface area contributed by atoms with Crippen molar-refractivity contribution in [3.63, 3.8) is 0 Å². The van der Waals surface area contributed by atoms with Crippen LogP contribution in [0.2, 0.25) is 0 Å². The van der Waals surface area contributed by atoms with E-state index < -0.39 is 0 Å². The van der Waals surface area contributed by atoms with Crippen molar-refractivity contribution in [1.82, 2.24) is 5.32 Å². The Labute approximate surface area is 155 Å². The summed E-state index contributed by atoms with van der Waals surface area (Å²) < 4.78 is 24.4. The highest BCUT2D eigenvalue weighted by atomic mass is 79.9. The van der Waals surface area contributed by atoms with Gasteiger partial charge in [-0.05, 0) is 51.7 Å². The van der Waals surface area contributed by atoms with Crippen molar-refractivity contribution in [2.24, 2.45) is 5.92 Å². The zero-order valence-electron chi connectivity index (χ0n) is 14.6. The van der Waals surface area contributed by atoms with E-state index in [0.717, 1.165) is 5.56 Å². The zero-order valence-corrected chi connectivity index (χ0v) is 16.2. The van der Waals surface area contributed by atoms with Crippen LogP contribution < -0.4 is 14.8 Å². The largest absolute Gasteiger partial charge is 0.495 e. The highest BCUT2D eigenvalue weighted by Gasteiger charge is 2.21. The van der Waals surface area contributed by atoms with Gasteiger partial charge in [0.25, 0.3) is 5.91 Å². The smallest absolute Gasteiger partial charge is 0.252 e. The number of nitrogens with one attached hydrogen (secondary N) is 1. The summed E-state index contributed by atoms with van der Waals surface area (Å²) in [4.78, 5) is 12.7. The number of carbonyl (C=O) groups excluding carboxylic acids is 1. The van der Waals surface area contributed by atoms with Crippen LogP contribution in [0.4, 0.5) is 4.39 Å². The van der Waals surface area contributed by atoms with Gasteiger partial charge >= 0.3 is 0 Å². The molecule has 2 aromatic rings. The number of hydrogen-bond donors (Lipinski definition) is 1. The molecule has 1 amide bonds. The van der Waals surface area contributed by atoms with E-state index in [4.69, 9.17) is 9.47 Å². The molecule has 0 heterocycles. The van der Waals surface area contributed by atoms with E-state index in [1.54, 1.807) is 24.3 Å². The maximum atomic E-state index is 13.2. The van der Waals surface area contributed by atoms with Gasteiger partial charge < -0.3 is 14.8 Å². The first kappa shape index (κ1) is 19.2. The Morgan fingerprint density at radius 3 is 2.04 bits per heavy atom. The Hall–Kier alpha value is -2.08. The average Bonchev–Trinajstić information content (AvgIpc) is 2.60. The number of benzene rings is 2. The fourth-order valence-corrected chi connectivity index (χ4v) is 3.08. The first-order chi connectivity index (χ1) is 11.9. The van der Waals surface area contributed by atoms with Crippen LogP contribution in [0.15, 0.2) is 40.9 Å². The average molecular weight is 410 g/mol. The first-order valence-corrected chi connectivity index (χ1v) is 8.64. The maximum absolute atomic E-state index is 13.2. The minimum Gasteiger partial charge on any atom is -0.495 e. The standard InChI is InChI=1S/C19H21BrFNO3/c1-11(2)18(12-5-7-14(21)8-6-12)22-19(23)13-9-15(24-3)17(20)16(10-13)25-4/h5-11,18H,1-4H3,(H,22,23). The lowest BCUT2D eigenvalue weighted by Gasteiger charge is -2.23. The van der Waals surface area contributed by atoms with Gasteiger partial charge in [0.1, 0.15) is 21.8 Å². The molecular weight excluding hydrogens is 389 g/mol. The van der Waals surface area contributed by atoms with E-state index in [9.17, 15) is 9.18 Å². The Morgan fingerprint density at radius 1 is 1.08 bits per heavy atom. The number of amides is 1. The molecule has 0 spiro atoms. The van der Waals surface area contributed by atoms with E-state index in [1.165, 1.54) is 26.4 Å². The number of rotatable bonds is 6. The predicted octanol–water partition coefficient (Wildman–Crippen LogP) is 4.73. The molecule has 1 atom stereocenters. The third-order valence-corrected chi connectivity index (χ3v) is 4.67.